The van der Waals surface area contributed by atoms with Crippen LogP contribution < -0.4 is 4.74 Å². The highest BCUT2D eigenvalue weighted by Gasteiger charge is 2.24. The van der Waals surface area contributed by atoms with Gasteiger partial charge in [0.2, 0.25) is 5.91 Å². The van der Waals surface area contributed by atoms with E-state index in [1.54, 1.807) is 30.0 Å². The SMILES string of the molecule is COc1ccc(-c2cc(C(=O)N3CCN(C(C)=O)CC3)cnc2-c2ccc(Cl)cc2)cc1. The Morgan fingerprint density at radius 2 is 1.50 bits per heavy atom. The molecule has 32 heavy (non-hydrogen) atoms. The predicted octanol–water partition coefficient (Wildman–Crippen LogP) is 4.38. The number of nitrogens with zero attached hydrogens (tertiary/aromatic N) is 3. The van der Waals surface area contributed by atoms with Crippen LogP contribution in [0.2, 0.25) is 5.02 Å². The summed E-state index contributed by atoms with van der Waals surface area (Å²) >= 11 is 6.06. The Hall–Kier alpha value is -3.38. The van der Waals surface area contributed by atoms with Gasteiger partial charge in [-0.3, -0.25) is 14.6 Å². The minimum absolute atomic E-state index is 0.0351. The quantitative estimate of drug-likeness (QED) is 0.593. The summed E-state index contributed by atoms with van der Waals surface area (Å²) in [7, 11) is 1.63. The molecule has 2 amide bonds. The number of pyridine rings is 1. The number of hydrogen-bond acceptors (Lipinski definition) is 4. The summed E-state index contributed by atoms with van der Waals surface area (Å²) in [6.45, 7) is 3.66. The number of ether oxygens (including phenoxy) is 1. The zero-order valence-electron chi connectivity index (χ0n) is 18.0. The first kappa shape index (κ1) is 21.8. The number of halogens is 1. The number of amides is 2. The summed E-state index contributed by atoms with van der Waals surface area (Å²) in [6, 6.07) is 17.0. The number of benzene rings is 2. The van der Waals surface area contributed by atoms with Crippen LogP contribution in [0.25, 0.3) is 22.4 Å². The van der Waals surface area contributed by atoms with Crippen LogP contribution in [0.3, 0.4) is 0 Å². The third-order valence-corrected chi connectivity index (χ3v) is 5.92. The van der Waals surface area contributed by atoms with Crippen molar-refractivity contribution in [2.75, 3.05) is 33.3 Å². The molecule has 2 heterocycles. The van der Waals surface area contributed by atoms with Crippen molar-refractivity contribution in [2.45, 2.75) is 6.92 Å². The molecule has 0 saturated carbocycles. The van der Waals surface area contributed by atoms with E-state index in [2.05, 4.69) is 4.98 Å². The average Bonchev–Trinajstić information content (AvgIpc) is 2.84. The van der Waals surface area contributed by atoms with Crippen LogP contribution in [0.15, 0.2) is 60.8 Å². The van der Waals surface area contributed by atoms with Gasteiger partial charge < -0.3 is 14.5 Å². The van der Waals surface area contributed by atoms with Gasteiger partial charge in [-0.15, -0.1) is 0 Å². The number of methoxy groups -OCH3 is 1. The number of carbonyl (C=O) groups excluding carboxylic acids is 2. The second-order valence-corrected chi connectivity index (χ2v) is 8.09. The van der Waals surface area contributed by atoms with Crippen LogP contribution in [-0.4, -0.2) is 59.9 Å². The Bertz CT molecular complexity index is 1120. The van der Waals surface area contributed by atoms with Gasteiger partial charge in [0.05, 0.1) is 18.4 Å². The molecule has 0 N–H and O–H groups in total. The minimum Gasteiger partial charge on any atom is -0.497 e. The molecule has 7 heteroatoms. The van der Waals surface area contributed by atoms with Gasteiger partial charge in [0.1, 0.15) is 5.75 Å². The number of hydrogen-bond donors (Lipinski definition) is 0. The Balaban J connectivity index is 1.69. The number of rotatable bonds is 4. The number of aromatic nitrogens is 1. The highest BCUT2D eigenvalue weighted by atomic mass is 35.5. The van der Waals surface area contributed by atoms with Gasteiger partial charge in [-0.2, -0.15) is 0 Å². The van der Waals surface area contributed by atoms with E-state index in [1.165, 1.54) is 0 Å². The van der Waals surface area contributed by atoms with Gasteiger partial charge in [-0.25, -0.2) is 0 Å². The van der Waals surface area contributed by atoms with Crippen molar-refractivity contribution in [2.24, 2.45) is 0 Å². The monoisotopic (exact) mass is 449 g/mol. The summed E-state index contributed by atoms with van der Waals surface area (Å²) in [5.41, 5.74) is 3.98. The molecule has 0 aliphatic carbocycles. The third kappa shape index (κ3) is 4.60. The first-order valence-corrected chi connectivity index (χ1v) is 10.8. The Kier molecular flexibility index (Phi) is 6.42. The molecule has 0 atom stereocenters. The van der Waals surface area contributed by atoms with E-state index < -0.39 is 0 Å². The molecule has 3 aromatic rings. The van der Waals surface area contributed by atoms with Crippen LogP contribution in [0, 0.1) is 0 Å². The van der Waals surface area contributed by atoms with Gasteiger partial charge in [0, 0.05) is 55.4 Å². The zero-order chi connectivity index (χ0) is 22.7. The molecule has 1 aliphatic heterocycles. The highest BCUT2D eigenvalue weighted by Crippen LogP contribution is 2.33. The molecule has 0 bridgehead atoms. The van der Waals surface area contributed by atoms with Crippen molar-refractivity contribution >= 4 is 23.4 Å². The fourth-order valence-corrected chi connectivity index (χ4v) is 3.94. The normalized spacial score (nSPS) is 13.7. The van der Waals surface area contributed by atoms with Gasteiger partial charge >= 0.3 is 0 Å². The summed E-state index contributed by atoms with van der Waals surface area (Å²) in [5.74, 6) is 0.705. The molecule has 0 spiro atoms. The molecule has 1 aliphatic rings. The fourth-order valence-electron chi connectivity index (χ4n) is 3.82. The molecule has 0 radical (unpaired) electrons. The molecule has 2 aromatic carbocycles. The molecule has 0 unspecified atom stereocenters. The Morgan fingerprint density at radius 1 is 0.906 bits per heavy atom. The Morgan fingerprint density at radius 3 is 2.09 bits per heavy atom. The molecule has 6 nitrogen and oxygen atoms in total. The van der Waals surface area contributed by atoms with Crippen molar-refractivity contribution in [3.05, 3.63) is 71.4 Å². The largest absolute Gasteiger partial charge is 0.497 e. The predicted molar refractivity (Wildman–Crippen MR) is 125 cm³/mol. The molecular weight excluding hydrogens is 426 g/mol. The first-order chi connectivity index (χ1) is 15.5. The first-order valence-electron chi connectivity index (χ1n) is 10.4. The van der Waals surface area contributed by atoms with Crippen molar-refractivity contribution in [3.63, 3.8) is 0 Å². The lowest BCUT2D eigenvalue weighted by atomic mass is 9.97. The maximum Gasteiger partial charge on any atom is 0.255 e. The van der Waals surface area contributed by atoms with Crippen LogP contribution >= 0.6 is 11.6 Å². The van der Waals surface area contributed by atoms with Crippen LogP contribution in [0.5, 0.6) is 5.75 Å². The number of carbonyl (C=O) groups is 2. The number of piperazine rings is 1. The molecule has 1 aromatic heterocycles. The van der Waals surface area contributed by atoms with Gasteiger partial charge in [0.25, 0.3) is 5.91 Å². The fraction of sp³-hybridized carbons (Fsp3) is 0.240. The Labute approximate surface area is 192 Å². The van der Waals surface area contributed by atoms with E-state index in [9.17, 15) is 9.59 Å². The molecule has 1 saturated heterocycles. The van der Waals surface area contributed by atoms with E-state index in [1.807, 2.05) is 54.6 Å². The summed E-state index contributed by atoms with van der Waals surface area (Å²) < 4.78 is 5.28. The molecule has 164 valence electrons. The summed E-state index contributed by atoms with van der Waals surface area (Å²) in [5, 5.41) is 0.649. The van der Waals surface area contributed by atoms with Crippen LogP contribution in [0.1, 0.15) is 17.3 Å². The summed E-state index contributed by atoms with van der Waals surface area (Å²) in [4.78, 5) is 33.0. The zero-order valence-corrected chi connectivity index (χ0v) is 18.8. The van der Waals surface area contributed by atoms with Crippen molar-refractivity contribution in [1.29, 1.82) is 0 Å². The second kappa shape index (κ2) is 9.40. The average molecular weight is 450 g/mol. The van der Waals surface area contributed by atoms with Crippen LogP contribution in [-0.2, 0) is 4.79 Å². The second-order valence-electron chi connectivity index (χ2n) is 7.65. The standard InChI is InChI=1S/C25H24ClN3O3/c1-17(30)28-11-13-29(14-12-28)25(31)20-15-23(18-5-9-22(32-2)10-6-18)24(27-16-20)19-3-7-21(26)8-4-19/h3-10,15-16H,11-14H2,1-2H3. The van der Waals surface area contributed by atoms with E-state index in [0.29, 0.717) is 36.8 Å². The van der Waals surface area contributed by atoms with E-state index in [4.69, 9.17) is 16.3 Å². The van der Waals surface area contributed by atoms with Gasteiger partial charge in [-0.05, 0) is 35.9 Å². The molecule has 1 fully saturated rings. The highest BCUT2D eigenvalue weighted by molar-refractivity contribution is 6.30. The van der Waals surface area contributed by atoms with Crippen molar-refractivity contribution in [3.8, 4) is 28.1 Å². The molecule has 4 rings (SSSR count). The van der Waals surface area contributed by atoms with E-state index in [-0.39, 0.29) is 11.8 Å². The van der Waals surface area contributed by atoms with Gasteiger partial charge in [0.15, 0.2) is 0 Å². The summed E-state index contributed by atoms with van der Waals surface area (Å²) in [6.07, 6.45) is 1.62. The van der Waals surface area contributed by atoms with Crippen molar-refractivity contribution < 1.29 is 14.3 Å². The minimum atomic E-state index is -0.0851. The van der Waals surface area contributed by atoms with Crippen molar-refractivity contribution in [1.82, 2.24) is 14.8 Å². The van der Waals surface area contributed by atoms with Crippen LogP contribution in [0.4, 0.5) is 0 Å². The van der Waals surface area contributed by atoms with Gasteiger partial charge in [-0.1, -0.05) is 35.9 Å². The third-order valence-electron chi connectivity index (χ3n) is 5.67. The topological polar surface area (TPSA) is 62.7 Å². The lowest BCUT2D eigenvalue weighted by Gasteiger charge is -2.34. The molecular formula is C25H24ClN3O3. The lowest BCUT2D eigenvalue weighted by molar-refractivity contribution is -0.130. The lowest BCUT2D eigenvalue weighted by Crippen LogP contribution is -2.50. The maximum atomic E-state index is 13.2. The van der Waals surface area contributed by atoms with E-state index in [0.717, 1.165) is 28.1 Å². The van der Waals surface area contributed by atoms with E-state index >= 15 is 0 Å². The maximum absolute atomic E-state index is 13.2. The smallest absolute Gasteiger partial charge is 0.255 e.